The molecule has 0 radical (unpaired) electrons. The molecule has 41 heavy (non-hydrogen) atoms. The van der Waals surface area contributed by atoms with E-state index < -0.39 is 41.4 Å². The molecule has 0 bridgehead atoms. The van der Waals surface area contributed by atoms with E-state index in [1.807, 2.05) is 0 Å². The monoisotopic (exact) mass is 574 g/mol. The van der Waals surface area contributed by atoms with Crippen LogP contribution in [0.1, 0.15) is 58.0 Å². The summed E-state index contributed by atoms with van der Waals surface area (Å²) in [6, 6.07) is 3.11. The first-order valence-corrected chi connectivity index (χ1v) is 12.9. The average Bonchev–Trinajstić information content (AvgIpc) is 2.95. The predicted molar refractivity (Wildman–Crippen MR) is 149 cm³/mol. The highest BCUT2D eigenvalue weighted by atomic mass is 16.6. The topological polar surface area (TPSA) is 139 Å². The van der Waals surface area contributed by atoms with E-state index in [9.17, 15) is 19.8 Å². The van der Waals surface area contributed by atoms with E-state index in [1.54, 1.807) is 32.9 Å². The third-order valence-electron chi connectivity index (χ3n) is 7.55. The zero-order chi connectivity index (χ0) is 30.8. The van der Waals surface area contributed by atoms with Crippen LogP contribution >= 0.6 is 0 Å². The first-order valence-electron chi connectivity index (χ1n) is 12.9. The van der Waals surface area contributed by atoms with E-state index in [-0.39, 0.29) is 45.4 Å². The van der Waals surface area contributed by atoms with Crippen LogP contribution in [0.5, 0.6) is 34.5 Å². The van der Waals surface area contributed by atoms with Gasteiger partial charge in [-0.05, 0) is 32.9 Å². The summed E-state index contributed by atoms with van der Waals surface area (Å²) in [6.07, 6.45) is -0.950. The Kier molecular flexibility index (Phi) is 9.33. The van der Waals surface area contributed by atoms with Crippen molar-refractivity contribution in [3.05, 3.63) is 34.9 Å². The summed E-state index contributed by atoms with van der Waals surface area (Å²) in [6.45, 7) is 7.63. The van der Waals surface area contributed by atoms with Crippen LogP contribution in [0.2, 0.25) is 0 Å². The fourth-order valence-electron chi connectivity index (χ4n) is 5.10. The van der Waals surface area contributed by atoms with Crippen LogP contribution in [0.25, 0.3) is 11.1 Å². The van der Waals surface area contributed by atoms with Gasteiger partial charge in [0.1, 0.15) is 11.7 Å². The van der Waals surface area contributed by atoms with E-state index in [0.717, 1.165) is 0 Å². The SMILES string of the molecule is C/C=C(/C)C(=O)O[C@@H]1c2cc(OC)c(OC)c(O)c2-c2c(cc(OC)c(OC)c2OC)[C@@H](OC(C)=O)[C@H](C)[C@@]1(C)O. The molecule has 0 aliphatic heterocycles. The summed E-state index contributed by atoms with van der Waals surface area (Å²) in [5, 5.41) is 23.9. The Morgan fingerprint density at radius 2 is 1.37 bits per heavy atom. The summed E-state index contributed by atoms with van der Waals surface area (Å²) >= 11 is 0. The lowest BCUT2D eigenvalue weighted by Gasteiger charge is -2.43. The summed E-state index contributed by atoms with van der Waals surface area (Å²) in [5.41, 5.74) is -0.736. The number of phenolic OH excluding ortho intramolecular Hbond substituents is 1. The predicted octanol–water partition coefficient (Wildman–Crippen LogP) is 4.66. The fraction of sp³-hybridized carbons (Fsp3) is 0.467. The van der Waals surface area contributed by atoms with Gasteiger partial charge in [-0.2, -0.15) is 0 Å². The normalized spacial score (nSPS) is 21.8. The number of aromatic hydroxyl groups is 1. The second kappa shape index (κ2) is 12.2. The lowest BCUT2D eigenvalue weighted by atomic mass is 9.71. The van der Waals surface area contributed by atoms with Gasteiger partial charge in [-0.1, -0.05) is 13.0 Å². The van der Waals surface area contributed by atoms with Crippen LogP contribution in [0.4, 0.5) is 0 Å². The van der Waals surface area contributed by atoms with E-state index in [1.165, 1.54) is 55.5 Å². The minimum Gasteiger partial charge on any atom is -0.504 e. The summed E-state index contributed by atoms with van der Waals surface area (Å²) in [7, 11) is 7.00. The quantitative estimate of drug-likeness (QED) is 0.336. The first-order chi connectivity index (χ1) is 19.3. The second-order valence-electron chi connectivity index (χ2n) is 9.84. The van der Waals surface area contributed by atoms with Gasteiger partial charge in [-0.25, -0.2) is 4.79 Å². The number of aliphatic hydroxyl groups is 1. The molecule has 0 amide bonds. The van der Waals surface area contributed by atoms with Crippen molar-refractivity contribution in [3.63, 3.8) is 0 Å². The average molecular weight is 575 g/mol. The van der Waals surface area contributed by atoms with Gasteiger partial charge < -0.3 is 43.4 Å². The minimum absolute atomic E-state index is 0.0268. The van der Waals surface area contributed by atoms with Crippen molar-refractivity contribution < 1.29 is 53.0 Å². The Morgan fingerprint density at radius 3 is 1.85 bits per heavy atom. The number of methoxy groups -OCH3 is 5. The number of allylic oxidation sites excluding steroid dienone is 1. The highest BCUT2D eigenvalue weighted by Gasteiger charge is 2.51. The molecule has 0 spiro atoms. The lowest BCUT2D eigenvalue weighted by molar-refractivity contribution is -0.182. The zero-order valence-corrected chi connectivity index (χ0v) is 25.0. The lowest BCUT2D eigenvalue weighted by Crippen LogP contribution is -2.46. The molecule has 0 aromatic heterocycles. The number of carbonyl (C=O) groups is 2. The number of hydrogen-bond acceptors (Lipinski definition) is 11. The minimum atomic E-state index is -1.87. The van der Waals surface area contributed by atoms with Crippen molar-refractivity contribution in [2.45, 2.75) is 52.4 Å². The molecule has 0 unspecified atom stereocenters. The maximum Gasteiger partial charge on any atom is 0.334 e. The number of esters is 2. The number of fused-ring (bicyclic) bond motifs is 3. The molecule has 1 aliphatic rings. The molecule has 4 atom stereocenters. The van der Waals surface area contributed by atoms with Crippen molar-refractivity contribution in [1.29, 1.82) is 0 Å². The molecule has 1 aliphatic carbocycles. The van der Waals surface area contributed by atoms with Crippen molar-refractivity contribution in [3.8, 4) is 45.6 Å². The van der Waals surface area contributed by atoms with Crippen LogP contribution in [-0.4, -0.2) is 63.3 Å². The highest BCUT2D eigenvalue weighted by Crippen LogP contribution is 2.60. The summed E-state index contributed by atoms with van der Waals surface area (Å²) in [5.74, 6) is -1.96. The third kappa shape index (κ3) is 5.33. The highest BCUT2D eigenvalue weighted by molar-refractivity contribution is 5.91. The van der Waals surface area contributed by atoms with Gasteiger partial charge in [-0.3, -0.25) is 4.79 Å². The number of rotatable bonds is 8. The molecule has 3 rings (SSSR count). The van der Waals surface area contributed by atoms with E-state index in [4.69, 9.17) is 33.2 Å². The van der Waals surface area contributed by atoms with Crippen LogP contribution in [0.15, 0.2) is 23.8 Å². The van der Waals surface area contributed by atoms with E-state index >= 15 is 0 Å². The Balaban J connectivity index is 2.67. The molecule has 0 heterocycles. The molecular formula is C30H38O11. The number of carbonyl (C=O) groups excluding carboxylic acids is 2. The van der Waals surface area contributed by atoms with Crippen LogP contribution < -0.4 is 23.7 Å². The van der Waals surface area contributed by atoms with Crippen LogP contribution in [0.3, 0.4) is 0 Å². The zero-order valence-electron chi connectivity index (χ0n) is 25.0. The van der Waals surface area contributed by atoms with Gasteiger partial charge in [0.2, 0.25) is 11.5 Å². The standard InChI is InChI=1S/C30H38O11/c1-11-14(2)29(33)41-28-18-13-19(35-6)25(37-8)23(32)21(18)22-17(12-20(36-7)26(38-9)27(22)39-10)24(40-16(4)31)15(3)30(28,5)34/h11-13,15,24,28,32,34H,1-10H3/b14-11-/t15-,24-,28+,30+/m0/s1. The van der Waals surface area contributed by atoms with Gasteiger partial charge in [-0.15, -0.1) is 0 Å². The Morgan fingerprint density at radius 1 is 0.829 bits per heavy atom. The molecule has 0 fully saturated rings. The van der Waals surface area contributed by atoms with Gasteiger partial charge in [0, 0.05) is 40.7 Å². The van der Waals surface area contributed by atoms with Crippen molar-refractivity contribution in [2.75, 3.05) is 35.5 Å². The molecule has 0 saturated carbocycles. The summed E-state index contributed by atoms with van der Waals surface area (Å²) in [4.78, 5) is 25.6. The van der Waals surface area contributed by atoms with Gasteiger partial charge >= 0.3 is 11.9 Å². The third-order valence-corrected chi connectivity index (χ3v) is 7.55. The van der Waals surface area contributed by atoms with Gasteiger partial charge in [0.05, 0.1) is 35.5 Å². The Bertz CT molecular complexity index is 1360. The molecule has 2 aromatic rings. The van der Waals surface area contributed by atoms with Gasteiger partial charge in [0.25, 0.3) is 0 Å². The smallest absolute Gasteiger partial charge is 0.334 e. The largest absolute Gasteiger partial charge is 0.504 e. The maximum atomic E-state index is 13.2. The number of benzene rings is 2. The molecule has 11 nitrogen and oxygen atoms in total. The molecular weight excluding hydrogens is 536 g/mol. The summed E-state index contributed by atoms with van der Waals surface area (Å²) < 4.78 is 39.8. The molecule has 0 saturated heterocycles. The molecule has 224 valence electrons. The van der Waals surface area contributed by atoms with E-state index in [2.05, 4.69) is 0 Å². The molecule has 11 heteroatoms. The van der Waals surface area contributed by atoms with Crippen LogP contribution in [-0.2, 0) is 19.1 Å². The van der Waals surface area contributed by atoms with Crippen molar-refractivity contribution in [1.82, 2.24) is 0 Å². The van der Waals surface area contributed by atoms with Gasteiger partial charge in [0.15, 0.2) is 29.1 Å². The second-order valence-corrected chi connectivity index (χ2v) is 9.84. The maximum absolute atomic E-state index is 13.2. The molecule has 2 aromatic carbocycles. The Hall–Kier alpha value is -4.12. The number of hydrogen-bond donors (Lipinski definition) is 2. The fourth-order valence-corrected chi connectivity index (χ4v) is 5.10. The number of ether oxygens (including phenoxy) is 7. The first kappa shape index (κ1) is 31.4. The molecule has 2 N–H and O–H groups in total. The van der Waals surface area contributed by atoms with Crippen LogP contribution in [0, 0.1) is 5.92 Å². The Labute approximate surface area is 239 Å². The number of phenols is 1. The van der Waals surface area contributed by atoms with Crippen molar-refractivity contribution in [2.24, 2.45) is 5.92 Å². The van der Waals surface area contributed by atoms with E-state index in [0.29, 0.717) is 11.1 Å². The van der Waals surface area contributed by atoms with Crippen molar-refractivity contribution >= 4 is 11.9 Å².